The van der Waals surface area contributed by atoms with Crippen molar-refractivity contribution in [2.24, 2.45) is 17.1 Å². The van der Waals surface area contributed by atoms with E-state index < -0.39 is 0 Å². The fourth-order valence-corrected chi connectivity index (χ4v) is 5.01. The molecule has 0 N–H and O–H groups in total. The van der Waals surface area contributed by atoms with Crippen LogP contribution < -0.4 is 10.4 Å². The molecule has 0 amide bonds. The van der Waals surface area contributed by atoms with Crippen molar-refractivity contribution in [3.63, 3.8) is 0 Å². The highest BCUT2D eigenvalue weighted by Gasteiger charge is 2.18. The van der Waals surface area contributed by atoms with Gasteiger partial charge in [-0.15, -0.1) is 11.3 Å². The third-order valence-corrected chi connectivity index (χ3v) is 6.97. The van der Waals surface area contributed by atoms with Crippen LogP contribution in [0.15, 0.2) is 102 Å². The maximum absolute atomic E-state index is 13.5. The predicted molar refractivity (Wildman–Crippen MR) is 145 cm³/mol. The number of furan rings is 2. The Morgan fingerprint density at radius 1 is 0.946 bits per heavy atom. The first-order chi connectivity index (χ1) is 18.0. The number of nitrogens with zero attached hydrogens (tertiary/aromatic N) is 5. The lowest BCUT2D eigenvalue weighted by molar-refractivity contribution is 0.527. The second-order valence-electron chi connectivity index (χ2n) is 8.58. The van der Waals surface area contributed by atoms with E-state index in [1.54, 1.807) is 15.6 Å². The lowest BCUT2D eigenvalue weighted by Crippen LogP contribution is -2.19. The fourth-order valence-electron chi connectivity index (χ4n) is 4.18. The average Bonchev–Trinajstić information content (AvgIpc) is 3.66. The van der Waals surface area contributed by atoms with Crippen molar-refractivity contribution in [2.45, 2.75) is 13.8 Å². The van der Waals surface area contributed by atoms with Crippen molar-refractivity contribution >= 4 is 34.2 Å². The Morgan fingerprint density at radius 2 is 1.73 bits per heavy atom. The third kappa shape index (κ3) is 4.09. The van der Waals surface area contributed by atoms with Crippen LogP contribution in [-0.2, 0) is 7.05 Å². The van der Waals surface area contributed by atoms with Gasteiger partial charge >= 0.3 is 0 Å². The Hall–Kier alpha value is -4.63. The Kier molecular flexibility index (Phi) is 5.61. The van der Waals surface area contributed by atoms with Crippen molar-refractivity contribution in [2.75, 3.05) is 0 Å². The summed E-state index contributed by atoms with van der Waals surface area (Å²) in [6, 6.07) is 23.0. The fraction of sp³-hybridized carbons (Fsp3) is 0.107. The number of hydrogen-bond donors (Lipinski definition) is 0. The van der Waals surface area contributed by atoms with Gasteiger partial charge in [0.15, 0.2) is 11.4 Å². The van der Waals surface area contributed by atoms with E-state index in [0.717, 1.165) is 33.8 Å². The quantitative estimate of drug-likeness (QED) is 0.276. The molecule has 0 saturated heterocycles. The van der Waals surface area contributed by atoms with Gasteiger partial charge in [-0.1, -0.05) is 36.4 Å². The largest absolute Gasteiger partial charge is 0.460 e. The highest BCUT2D eigenvalue weighted by molar-refractivity contribution is 7.07. The molecule has 0 aliphatic heterocycles. The van der Waals surface area contributed by atoms with Crippen LogP contribution in [0.4, 0.5) is 5.69 Å². The predicted octanol–water partition coefficient (Wildman–Crippen LogP) is 5.78. The first-order valence-corrected chi connectivity index (χ1v) is 12.6. The van der Waals surface area contributed by atoms with Crippen LogP contribution in [0.25, 0.3) is 28.1 Å². The Morgan fingerprint density at radius 3 is 2.49 bits per heavy atom. The van der Waals surface area contributed by atoms with E-state index in [-0.39, 0.29) is 5.56 Å². The Labute approximate surface area is 215 Å². The van der Waals surface area contributed by atoms with Crippen LogP contribution in [0.2, 0.25) is 0 Å². The smallest absolute Gasteiger partial charge is 0.297 e. The Bertz CT molecular complexity index is 1860. The number of benzene rings is 2. The van der Waals surface area contributed by atoms with Crippen LogP contribution in [0.1, 0.15) is 17.2 Å². The Balaban J connectivity index is 1.54. The van der Waals surface area contributed by atoms with Gasteiger partial charge in [-0.2, -0.15) is 5.10 Å². The topological polar surface area (TPSA) is 82.9 Å². The zero-order chi connectivity index (χ0) is 25.5. The summed E-state index contributed by atoms with van der Waals surface area (Å²) < 4.78 is 16.9. The van der Waals surface area contributed by atoms with E-state index in [1.807, 2.05) is 104 Å². The SMILES string of the molecule is Cc1ccc(C=Nn2c(-c3cc4ccccc4o3)csc2=Nc2c(C)n(C)n(-c3ccccc3)c2=O)o1. The van der Waals surface area contributed by atoms with Gasteiger partial charge in [0.2, 0.25) is 4.80 Å². The second kappa shape index (κ2) is 9.11. The molecule has 37 heavy (non-hydrogen) atoms. The number of thiazole rings is 1. The minimum atomic E-state index is -0.206. The molecule has 0 saturated carbocycles. The summed E-state index contributed by atoms with van der Waals surface area (Å²) in [4.78, 5) is 18.8. The monoisotopic (exact) mass is 509 g/mol. The number of rotatable bonds is 5. The lowest BCUT2D eigenvalue weighted by Gasteiger charge is -2.07. The van der Waals surface area contributed by atoms with E-state index >= 15 is 0 Å². The molecule has 4 aromatic heterocycles. The summed E-state index contributed by atoms with van der Waals surface area (Å²) in [5.74, 6) is 2.05. The highest BCUT2D eigenvalue weighted by atomic mass is 32.1. The van der Waals surface area contributed by atoms with Crippen molar-refractivity contribution < 1.29 is 8.83 Å². The molecule has 184 valence electrons. The molecule has 0 bridgehead atoms. The molecule has 8 nitrogen and oxygen atoms in total. The molecule has 0 unspecified atom stereocenters. The van der Waals surface area contributed by atoms with Gasteiger partial charge in [-0.25, -0.2) is 14.4 Å². The number of aryl methyl sites for hydroxylation is 1. The van der Waals surface area contributed by atoms with Crippen molar-refractivity contribution in [1.29, 1.82) is 0 Å². The average molecular weight is 510 g/mol. The maximum atomic E-state index is 13.5. The number of fused-ring (bicyclic) bond motifs is 1. The standard InChI is InChI=1S/C28H23N5O3S/c1-18-13-14-22(35-18)16-29-32-23(25-15-20-9-7-8-12-24(20)36-25)17-37-28(32)30-26-19(2)31(3)33(27(26)34)21-10-5-4-6-11-21/h4-17H,1-3H3. The number of para-hydroxylation sites is 2. The molecule has 0 radical (unpaired) electrons. The summed E-state index contributed by atoms with van der Waals surface area (Å²) >= 11 is 1.38. The molecule has 6 aromatic rings. The summed E-state index contributed by atoms with van der Waals surface area (Å²) in [5.41, 5.74) is 3.15. The van der Waals surface area contributed by atoms with Gasteiger partial charge in [-0.05, 0) is 50.2 Å². The maximum Gasteiger partial charge on any atom is 0.297 e. The van der Waals surface area contributed by atoms with Crippen LogP contribution in [0.3, 0.4) is 0 Å². The molecule has 0 spiro atoms. The molecular formula is C28H23N5O3S. The number of aromatic nitrogens is 3. The van der Waals surface area contributed by atoms with Gasteiger partial charge in [0.1, 0.15) is 22.8 Å². The van der Waals surface area contributed by atoms with Crippen molar-refractivity contribution in [3.05, 3.63) is 111 Å². The second-order valence-corrected chi connectivity index (χ2v) is 9.42. The molecule has 0 aliphatic rings. The van der Waals surface area contributed by atoms with Gasteiger partial charge in [-0.3, -0.25) is 9.48 Å². The normalized spacial score (nSPS) is 12.4. The van der Waals surface area contributed by atoms with Gasteiger partial charge in [0.25, 0.3) is 5.56 Å². The lowest BCUT2D eigenvalue weighted by atomic mass is 10.2. The zero-order valence-corrected chi connectivity index (χ0v) is 21.3. The molecule has 0 fully saturated rings. The summed E-state index contributed by atoms with van der Waals surface area (Å²) in [5, 5.41) is 7.59. The van der Waals surface area contributed by atoms with Crippen LogP contribution in [-0.4, -0.2) is 20.3 Å². The molecule has 6 rings (SSSR count). The van der Waals surface area contributed by atoms with Gasteiger partial charge < -0.3 is 8.83 Å². The highest BCUT2D eigenvalue weighted by Crippen LogP contribution is 2.28. The van der Waals surface area contributed by atoms with Crippen molar-refractivity contribution in [3.8, 4) is 17.1 Å². The van der Waals surface area contributed by atoms with E-state index in [4.69, 9.17) is 13.8 Å². The minimum absolute atomic E-state index is 0.206. The molecule has 4 heterocycles. The van der Waals surface area contributed by atoms with Crippen LogP contribution in [0, 0.1) is 13.8 Å². The van der Waals surface area contributed by atoms with Gasteiger partial charge in [0.05, 0.1) is 17.6 Å². The molecule has 2 aromatic carbocycles. The molecule has 0 aliphatic carbocycles. The third-order valence-electron chi connectivity index (χ3n) is 6.16. The van der Waals surface area contributed by atoms with E-state index in [1.165, 1.54) is 11.3 Å². The molecular weight excluding hydrogens is 486 g/mol. The van der Waals surface area contributed by atoms with Crippen molar-refractivity contribution in [1.82, 2.24) is 14.0 Å². The summed E-state index contributed by atoms with van der Waals surface area (Å²) in [6.07, 6.45) is 1.63. The van der Waals surface area contributed by atoms with Crippen LogP contribution >= 0.6 is 11.3 Å². The number of hydrogen-bond acceptors (Lipinski definition) is 6. The summed E-state index contributed by atoms with van der Waals surface area (Å²) in [7, 11) is 1.85. The zero-order valence-electron chi connectivity index (χ0n) is 20.5. The minimum Gasteiger partial charge on any atom is -0.460 e. The first-order valence-electron chi connectivity index (χ1n) is 11.7. The van der Waals surface area contributed by atoms with E-state index in [9.17, 15) is 4.79 Å². The van der Waals surface area contributed by atoms with E-state index in [0.29, 0.717) is 22.0 Å². The molecule has 9 heteroatoms. The first kappa shape index (κ1) is 22.8. The van der Waals surface area contributed by atoms with E-state index in [2.05, 4.69) is 5.10 Å². The van der Waals surface area contributed by atoms with Gasteiger partial charge in [0, 0.05) is 17.8 Å². The molecule has 0 atom stereocenters. The summed E-state index contributed by atoms with van der Waals surface area (Å²) in [6.45, 7) is 3.76. The van der Waals surface area contributed by atoms with Crippen LogP contribution in [0.5, 0.6) is 0 Å².